The molecule has 33 heavy (non-hydrogen) atoms. The maximum atomic E-state index is 12.0. The van der Waals surface area contributed by atoms with Gasteiger partial charge in [0.25, 0.3) is 5.91 Å². The highest BCUT2D eigenvalue weighted by Crippen LogP contribution is 2.37. The average Bonchev–Trinajstić information content (AvgIpc) is 2.78. The third-order valence-electron chi connectivity index (χ3n) is 4.49. The zero-order valence-electron chi connectivity index (χ0n) is 17.9. The van der Waals surface area contributed by atoms with E-state index in [1.54, 1.807) is 36.4 Å². The van der Waals surface area contributed by atoms with E-state index in [-0.39, 0.29) is 19.1 Å². The Bertz CT molecular complexity index is 1170. The van der Waals surface area contributed by atoms with Crippen LogP contribution in [-0.2, 0) is 11.4 Å². The maximum Gasteiger partial charge on any atom is 0.277 e. The van der Waals surface area contributed by atoms with Crippen LogP contribution in [0.25, 0.3) is 0 Å². The Hall–Kier alpha value is -2.74. The van der Waals surface area contributed by atoms with E-state index in [1.807, 2.05) is 25.1 Å². The van der Waals surface area contributed by atoms with Crippen molar-refractivity contribution in [2.75, 3.05) is 13.7 Å². The first-order chi connectivity index (χ1) is 15.9. The summed E-state index contributed by atoms with van der Waals surface area (Å²) in [5, 5.41) is 5.06. The number of nitrogens with zero attached hydrogens (tertiary/aromatic N) is 1. The molecule has 3 aromatic rings. The van der Waals surface area contributed by atoms with Crippen LogP contribution in [0.5, 0.6) is 17.2 Å². The Kier molecular flexibility index (Phi) is 9.00. The summed E-state index contributed by atoms with van der Waals surface area (Å²) in [7, 11) is 1.54. The summed E-state index contributed by atoms with van der Waals surface area (Å²) in [5.41, 5.74) is 4.87. The van der Waals surface area contributed by atoms with Crippen LogP contribution in [0.2, 0.25) is 10.0 Å². The molecule has 172 valence electrons. The smallest absolute Gasteiger partial charge is 0.277 e. The van der Waals surface area contributed by atoms with Crippen molar-refractivity contribution in [3.63, 3.8) is 0 Å². The van der Waals surface area contributed by atoms with Gasteiger partial charge in [-0.05, 0) is 64.3 Å². The minimum Gasteiger partial charge on any atom is -0.493 e. The summed E-state index contributed by atoms with van der Waals surface area (Å²) in [6.07, 6.45) is 1.50. The fourth-order valence-electron chi connectivity index (χ4n) is 2.82. The topological polar surface area (TPSA) is 69.2 Å². The van der Waals surface area contributed by atoms with Crippen molar-refractivity contribution in [3.8, 4) is 17.2 Å². The molecular weight excluding hydrogens is 531 g/mol. The molecule has 0 saturated heterocycles. The predicted octanol–water partition coefficient (Wildman–Crippen LogP) is 6.18. The second kappa shape index (κ2) is 11.9. The first kappa shape index (κ1) is 24.9. The molecule has 0 fully saturated rings. The zero-order valence-corrected chi connectivity index (χ0v) is 21.0. The number of hydrazone groups is 1. The van der Waals surface area contributed by atoms with E-state index < -0.39 is 0 Å². The lowest BCUT2D eigenvalue weighted by Gasteiger charge is -2.14. The quantitative estimate of drug-likeness (QED) is 0.254. The first-order valence-electron chi connectivity index (χ1n) is 9.82. The maximum absolute atomic E-state index is 12.0. The van der Waals surface area contributed by atoms with Crippen molar-refractivity contribution in [1.29, 1.82) is 0 Å². The Labute approximate surface area is 210 Å². The van der Waals surface area contributed by atoms with E-state index in [9.17, 15) is 4.79 Å². The van der Waals surface area contributed by atoms with E-state index in [0.29, 0.717) is 37.3 Å². The number of aryl methyl sites for hydroxylation is 1. The van der Waals surface area contributed by atoms with Gasteiger partial charge in [0.15, 0.2) is 18.1 Å². The molecule has 0 radical (unpaired) electrons. The van der Waals surface area contributed by atoms with Crippen molar-refractivity contribution >= 4 is 51.3 Å². The van der Waals surface area contributed by atoms with Crippen molar-refractivity contribution in [2.24, 2.45) is 5.10 Å². The molecule has 1 amide bonds. The van der Waals surface area contributed by atoms with Crippen molar-refractivity contribution < 1.29 is 19.0 Å². The number of rotatable bonds is 9. The van der Waals surface area contributed by atoms with Gasteiger partial charge in [0.05, 0.1) is 17.8 Å². The van der Waals surface area contributed by atoms with Crippen LogP contribution < -0.4 is 19.6 Å². The van der Waals surface area contributed by atoms with Gasteiger partial charge in [-0.2, -0.15) is 5.10 Å². The van der Waals surface area contributed by atoms with Crippen molar-refractivity contribution in [2.45, 2.75) is 13.5 Å². The van der Waals surface area contributed by atoms with E-state index >= 15 is 0 Å². The van der Waals surface area contributed by atoms with E-state index in [4.69, 9.17) is 37.4 Å². The van der Waals surface area contributed by atoms with Gasteiger partial charge in [0, 0.05) is 15.6 Å². The summed E-state index contributed by atoms with van der Waals surface area (Å²) >= 11 is 15.6. The van der Waals surface area contributed by atoms with Gasteiger partial charge in [-0.3, -0.25) is 4.79 Å². The molecule has 0 unspecified atom stereocenters. The van der Waals surface area contributed by atoms with Crippen LogP contribution >= 0.6 is 39.1 Å². The first-order valence-corrected chi connectivity index (χ1v) is 11.4. The minimum absolute atomic E-state index is 0.144. The van der Waals surface area contributed by atoms with Crippen LogP contribution in [0.4, 0.5) is 0 Å². The van der Waals surface area contributed by atoms with Gasteiger partial charge in [0.1, 0.15) is 12.4 Å². The van der Waals surface area contributed by atoms with Gasteiger partial charge in [0.2, 0.25) is 0 Å². The molecule has 0 aliphatic heterocycles. The molecule has 3 aromatic carbocycles. The number of methoxy groups -OCH3 is 1. The Balaban J connectivity index is 1.60. The van der Waals surface area contributed by atoms with Crippen molar-refractivity contribution in [1.82, 2.24) is 5.43 Å². The molecule has 0 atom stereocenters. The van der Waals surface area contributed by atoms with Gasteiger partial charge >= 0.3 is 0 Å². The van der Waals surface area contributed by atoms with E-state index in [2.05, 4.69) is 26.5 Å². The van der Waals surface area contributed by atoms with Crippen LogP contribution in [-0.4, -0.2) is 25.8 Å². The normalized spacial score (nSPS) is 10.8. The Morgan fingerprint density at radius 1 is 1.09 bits per heavy atom. The van der Waals surface area contributed by atoms with E-state index in [0.717, 1.165) is 11.1 Å². The SMILES string of the molecule is COc1cc(/C=N\NC(=O)COc2ccccc2C)cc(Br)c1OCc1ccc(Cl)cc1Cl. The van der Waals surface area contributed by atoms with Gasteiger partial charge in [-0.1, -0.05) is 47.5 Å². The lowest BCUT2D eigenvalue weighted by atomic mass is 10.2. The van der Waals surface area contributed by atoms with Crippen molar-refractivity contribution in [3.05, 3.63) is 85.8 Å². The molecular formula is C24H21BrCl2N2O4. The molecule has 3 rings (SSSR count). The van der Waals surface area contributed by atoms with Crippen LogP contribution in [0.1, 0.15) is 16.7 Å². The Morgan fingerprint density at radius 3 is 2.61 bits per heavy atom. The van der Waals surface area contributed by atoms with Gasteiger partial charge < -0.3 is 14.2 Å². The number of hydrogen-bond donors (Lipinski definition) is 1. The lowest BCUT2D eigenvalue weighted by Crippen LogP contribution is -2.24. The average molecular weight is 552 g/mol. The number of nitrogens with one attached hydrogen (secondary N) is 1. The Morgan fingerprint density at radius 2 is 1.88 bits per heavy atom. The number of para-hydroxylation sites is 1. The molecule has 0 aliphatic carbocycles. The molecule has 0 saturated carbocycles. The van der Waals surface area contributed by atoms with Gasteiger partial charge in [-0.25, -0.2) is 5.43 Å². The fraction of sp³-hybridized carbons (Fsp3) is 0.167. The largest absolute Gasteiger partial charge is 0.493 e. The second-order valence-electron chi connectivity index (χ2n) is 6.91. The number of benzene rings is 3. The third-order valence-corrected chi connectivity index (χ3v) is 5.67. The molecule has 1 N–H and O–H groups in total. The van der Waals surface area contributed by atoms with Crippen LogP contribution in [0.15, 0.2) is 64.2 Å². The molecule has 0 aromatic heterocycles. The number of carbonyl (C=O) groups is 1. The molecule has 9 heteroatoms. The summed E-state index contributed by atoms with van der Waals surface area (Å²) in [4.78, 5) is 12.0. The lowest BCUT2D eigenvalue weighted by molar-refractivity contribution is -0.123. The highest BCUT2D eigenvalue weighted by Gasteiger charge is 2.13. The highest BCUT2D eigenvalue weighted by atomic mass is 79.9. The highest BCUT2D eigenvalue weighted by molar-refractivity contribution is 9.10. The summed E-state index contributed by atoms with van der Waals surface area (Å²) in [6.45, 7) is 2.00. The number of ether oxygens (including phenoxy) is 3. The molecule has 0 bridgehead atoms. The third kappa shape index (κ3) is 7.12. The standard InChI is InChI=1S/C24H21BrCl2N2O4/c1-15-5-3-4-6-21(15)32-14-23(30)29-28-12-16-9-19(25)24(22(10-16)31-2)33-13-17-7-8-18(26)11-20(17)27/h3-12H,13-14H2,1-2H3,(H,29,30)/b28-12-. The fourth-order valence-corrected chi connectivity index (χ4v) is 3.85. The molecule has 6 nitrogen and oxygen atoms in total. The van der Waals surface area contributed by atoms with E-state index in [1.165, 1.54) is 13.3 Å². The minimum atomic E-state index is -0.375. The number of amides is 1. The predicted molar refractivity (Wildman–Crippen MR) is 134 cm³/mol. The molecule has 0 heterocycles. The molecule has 0 aliphatic rings. The summed E-state index contributed by atoms with van der Waals surface area (Å²) < 4.78 is 17.5. The second-order valence-corrected chi connectivity index (χ2v) is 8.60. The zero-order chi connectivity index (χ0) is 23.8. The number of hydrogen-bond acceptors (Lipinski definition) is 5. The summed E-state index contributed by atoms with van der Waals surface area (Å²) in [6, 6.07) is 16.2. The molecule has 0 spiro atoms. The number of halogens is 3. The van der Waals surface area contributed by atoms with Crippen LogP contribution in [0, 0.1) is 6.92 Å². The number of carbonyl (C=O) groups excluding carboxylic acids is 1. The summed E-state index contributed by atoms with van der Waals surface area (Å²) in [5.74, 6) is 1.28. The monoisotopic (exact) mass is 550 g/mol. The van der Waals surface area contributed by atoms with Crippen LogP contribution in [0.3, 0.4) is 0 Å². The van der Waals surface area contributed by atoms with Gasteiger partial charge in [-0.15, -0.1) is 0 Å².